The van der Waals surface area contributed by atoms with Crippen LogP contribution in [-0.2, 0) is 16.1 Å². The average molecular weight is 288 g/mol. The van der Waals surface area contributed by atoms with E-state index in [1.165, 1.54) is 0 Å². The molecule has 1 aromatic rings. The molecular formula is C12H14ClNO3S. The Kier molecular flexibility index (Phi) is 6.01. The largest absolute Gasteiger partial charge is 0.481 e. The van der Waals surface area contributed by atoms with E-state index in [9.17, 15) is 9.59 Å². The van der Waals surface area contributed by atoms with E-state index in [4.69, 9.17) is 16.7 Å². The molecule has 0 bridgehead atoms. The van der Waals surface area contributed by atoms with Crippen LogP contribution in [0, 0.1) is 0 Å². The fourth-order valence-electron chi connectivity index (χ4n) is 1.29. The summed E-state index contributed by atoms with van der Waals surface area (Å²) in [4.78, 5) is 23.6. The lowest BCUT2D eigenvalue weighted by molar-refractivity contribution is -0.133. The number of hydrogen-bond donors (Lipinski definition) is 1. The molecule has 1 N–H and O–H groups in total. The molecule has 18 heavy (non-hydrogen) atoms. The van der Waals surface area contributed by atoms with Crippen molar-refractivity contribution in [3.8, 4) is 0 Å². The average Bonchev–Trinajstić information content (AvgIpc) is 2.31. The number of hydrogen-bond acceptors (Lipinski definition) is 3. The summed E-state index contributed by atoms with van der Waals surface area (Å²) in [5, 5.41) is 9.13. The second-order valence-corrected chi connectivity index (χ2v) is 5.18. The van der Waals surface area contributed by atoms with Crippen LogP contribution in [0.1, 0.15) is 5.56 Å². The van der Waals surface area contributed by atoms with Gasteiger partial charge >= 0.3 is 5.97 Å². The first kappa shape index (κ1) is 14.9. The van der Waals surface area contributed by atoms with Gasteiger partial charge in [-0.1, -0.05) is 23.7 Å². The van der Waals surface area contributed by atoms with Crippen molar-refractivity contribution >= 4 is 35.2 Å². The number of carbonyl (C=O) groups is 2. The van der Waals surface area contributed by atoms with Gasteiger partial charge in [0.1, 0.15) is 0 Å². The molecule has 1 aromatic carbocycles. The SMILES string of the molecule is CN(Cc1ccc(Cl)cc1)C(=O)CSCC(=O)O. The molecule has 0 fully saturated rings. The van der Waals surface area contributed by atoms with E-state index in [1.807, 2.05) is 12.1 Å². The highest BCUT2D eigenvalue weighted by Crippen LogP contribution is 2.11. The molecule has 1 rings (SSSR count). The van der Waals surface area contributed by atoms with Gasteiger partial charge in [-0.15, -0.1) is 11.8 Å². The van der Waals surface area contributed by atoms with Crippen molar-refractivity contribution in [1.29, 1.82) is 0 Å². The Balaban J connectivity index is 2.39. The van der Waals surface area contributed by atoms with Gasteiger partial charge in [0.25, 0.3) is 0 Å². The van der Waals surface area contributed by atoms with Crippen molar-refractivity contribution < 1.29 is 14.7 Å². The normalized spacial score (nSPS) is 10.1. The van der Waals surface area contributed by atoms with Crippen molar-refractivity contribution in [2.24, 2.45) is 0 Å². The first-order chi connectivity index (χ1) is 8.49. The first-order valence-corrected chi connectivity index (χ1v) is 6.80. The molecular weight excluding hydrogens is 274 g/mol. The summed E-state index contributed by atoms with van der Waals surface area (Å²) in [6.07, 6.45) is 0. The van der Waals surface area contributed by atoms with Gasteiger partial charge in [-0.2, -0.15) is 0 Å². The van der Waals surface area contributed by atoms with Crippen LogP contribution < -0.4 is 0 Å². The summed E-state index contributed by atoms with van der Waals surface area (Å²) in [6, 6.07) is 7.26. The maximum Gasteiger partial charge on any atom is 0.313 e. The summed E-state index contributed by atoms with van der Waals surface area (Å²) < 4.78 is 0. The number of nitrogens with zero attached hydrogens (tertiary/aromatic N) is 1. The molecule has 0 aliphatic heterocycles. The van der Waals surface area contributed by atoms with Gasteiger partial charge in [0.05, 0.1) is 11.5 Å². The molecule has 4 nitrogen and oxygen atoms in total. The Morgan fingerprint density at radius 2 is 1.89 bits per heavy atom. The minimum atomic E-state index is -0.909. The predicted octanol–water partition coefficient (Wildman–Crippen LogP) is 2.12. The Morgan fingerprint density at radius 1 is 1.28 bits per heavy atom. The standard InChI is InChI=1S/C12H14ClNO3S/c1-14(11(15)7-18-8-12(16)17)6-9-2-4-10(13)5-3-9/h2-5H,6-8H2,1H3,(H,16,17). The molecule has 0 atom stereocenters. The van der Waals surface area contributed by atoms with Crippen molar-refractivity contribution in [2.45, 2.75) is 6.54 Å². The lowest BCUT2D eigenvalue weighted by Crippen LogP contribution is -2.28. The van der Waals surface area contributed by atoms with Crippen LogP contribution in [0.2, 0.25) is 5.02 Å². The van der Waals surface area contributed by atoms with E-state index < -0.39 is 5.97 Å². The summed E-state index contributed by atoms with van der Waals surface area (Å²) in [6.45, 7) is 0.490. The van der Waals surface area contributed by atoms with Gasteiger partial charge in [0, 0.05) is 18.6 Å². The van der Waals surface area contributed by atoms with Crippen LogP contribution in [0.15, 0.2) is 24.3 Å². The van der Waals surface area contributed by atoms with Gasteiger partial charge < -0.3 is 10.0 Å². The quantitative estimate of drug-likeness (QED) is 0.871. The number of halogens is 1. The van der Waals surface area contributed by atoms with E-state index in [0.29, 0.717) is 11.6 Å². The lowest BCUT2D eigenvalue weighted by atomic mass is 10.2. The second kappa shape index (κ2) is 7.28. The van der Waals surface area contributed by atoms with Crippen LogP contribution in [0.25, 0.3) is 0 Å². The molecule has 0 aliphatic rings. The predicted molar refractivity (Wildman–Crippen MR) is 72.9 cm³/mol. The topological polar surface area (TPSA) is 57.6 Å². The highest BCUT2D eigenvalue weighted by atomic mass is 35.5. The maximum atomic E-state index is 11.7. The van der Waals surface area contributed by atoms with E-state index in [1.54, 1.807) is 24.1 Å². The molecule has 0 aliphatic carbocycles. The van der Waals surface area contributed by atoms with Crippen LogP contribution in [-0.4, -0.2) is 40.4 Å². The fourth-order valence-corrected chi connectivity index (χ4v) is 2.09. The number of carboxylic acids is 1. The van der Waals surface area contributed by atoms with E-state index in [2.05, 4.69) is 0 Å². The maximum absolute atomic E-state index is 11.7. The summed E-state index contributed by atoms with van der Waals surface area (Å²) in [5.74, 6) is -0.874. The van der Waals surface area contributed by atoms with E-state index in [0.717, 1.165) is 17.3 Å². The van der Waals surface area contributed by atoms with Crippen molar-refractivity contribution in [3.63, 3.8) is 0 Å². The number of carbonyl (C=O) groups excluding carboxylic acids is 1. The zero-order valence-electron chi connectivity index (χ0n) is 9.93. The van der Waals surface area contributed by atoms with Gasteiger partial charge in [-0.05, 0) is 17.7 Å². The molecule has 0 unspecified atom stereocenters. The van der Waals surface area contributed by atoms with E-state index >= 15 is 0 Å². The van der Waals surface area contributed by atoms with Crippen molar-refractivity contribution in [2.75, 3.05) is 18.6 Å². The van der Waals surface area contributed by atoms with Crippen LogP contribution in [0.5, 0.6) is 0 Å². The summed E-state index contributed by atoms with van der Waals surface area (Å²) >= 11 is 6.87. The third-order valence-electron chi connectivity index (χ3n) is 2.21. The summed E-state index contributed by atoms with van der Waals surface area (Å²) in [7, 11) is 1.69. The highest BCUT2D eigenvalue weighted by molar-refractivity contribution is 8.00. The Bertz CT molecular complexity index is 422. The van der Waals surface area contributed by atoms with Gasteiger partial charge in [-0.25, -0.2) is 0 Å². The van der Waals surface area contributed by atoms with Crippen LogP contribution in [0.3, 0.4) is 0 Å². The third-order valence-corrected chi connectivity index (χ3v) is 3.36. The molecule has 0 saturated carbocycles. The van der Waals surface area contributed by atoms with Crippen molar-refractivity contribution in [1.82, 2.24) is 4.90 Å². The third kappa shape index (κ3) is 5.42. The number of rotatable bonds is 6. The molecule has 1 amide bonds. The van der Waals surface area contributed by atoms with Crippen LogP contribution >= 0.6 is 23.4 Å². The molecule has 0 heterocycles. The Hall–Kier alpha value is -1.20. The number of thioether (sulfide) groups is 1. The van der Waals surface area contributed by atoms with Crippen molar-refractivity contribution in [3.05, 3.63) is 34.9 Å². The second-order valence-electron chi connectivity index (χ2n) is 3.76. The number of benzene rings is 1. The first-order valence-electron chi connectivity index (χ1n) is 5.27. The molecule has 98 valence electrons. The number of carboxylic acid groups (broad SMARTS) is 1. The Labute approximate surface area is 115 Å². The van der Waals surface area contributed by atoms with Gasteiger partial charge in [0.2, 0.25) is 5.91 Å². The summed E-state index contributed by atoms with van der Waals surface area (Å²) in [5.41, 5.74) is 0.985. The molecule has 0 spiro atoms. The molecule has 0 saturated heterocycles. The molecule has 6 heteroatoms. The zero-order chi connectivity index (χ0) is 13.5. The van der Waals surface area contributed by atoms with Gasteiger partial charge in [-0.3, -0.25) is 9.59 Å². The fraction of sp³-hybridized carbons (Fsp3) is 0.333. The monoisotopic (exact) mass is 287 g/mol. The van der Waals surface area contributed by atoms with Gasteiger partial charge in [0.15, 0.2) is 0 Å². The minimum absolute atomic E-state index is 0.0550. The zero-order valence-corrected chi connectivity index (χ0v) is 11.5. The smallest absolute Gasteiger partial charge is 0.313 e. The molecule has 0 radical (unpaired) electrons. The lowest BCUT2D eigenvalue weighted by Gasteiger charge is -2.16. The minimum Gasteiger partial charge on any atom is -0.481 e. The number of amides is 1. The highest BCUT2D eigenvalue weighted by Gasteiger charge is 2.10. The van der Waals surface area contributed by atoms with E-state index in [-0.39, 0.29) is 17.4 Å². The number of aliphatic carboxylic acids is 1. The Morgan fingerprint density at radius 3 is 2.44 bits per heavy atom. The van der Waals surface area contributed by atoms with Crippen LogP contribution in [0.4, 0.5) is 0 Å². The molecule has 0 aromatic heterocycles.